The molecule has 0 unspecified atom stereocenters. The van der Waals surface area contributed by atoms with Gasteiger partial charge in [0.15, 0.2) is 0 Å². The second kappa shape index (κ2) is 8.42. The van der Waals surface area contributed by atoms with Gasteiger partial charge in [0, 0.05) is 11.6 Å². The van der Waals surface area contributed by atoms with Crippen LogP contribution < -0.4 is 0 Å². The monoisotopic (exact) mass is 339 g/mol. The maximum atomic E-state index is 2.20. The molecule has 4 heteroatoms. The molecule has 0 bridgehead atoms. The van der Waals surface area contributed by atoms with Crippen LogP contribution in [0.5, 0.6) is 0 Å². The van der Waals surface area contributed by atoms with Crippen LogP contribution in [0.1, 0.15) is 0 Å². The fraction of sp³-hybridized carbons (Fsp3) is 0. The maximum absolute atomic E-state index is 2.20. The smallest absolute Gasteiger partial charge is 0.266 e. The third-order valence-electron chi connectivity index (χ3n) is 3.08. The first-order chi connectivity index (χ1) is 10.9. The van der Waals surface area contributed by atoms with Gasteiger partial charge in [-0.15, -0.1) is 0 Å². The Morgan fingerprint density at radius 3 is 1.41 bits per heavy atom. The predicted molar refractivity (Wildman–Crippen MR) is 104 cm³/mol. The summed E-state index contributed by atoms with van der Waals surface area (Å²) in [5.74, 6) is 0. The average molecular weight is 339 g/mol. The fourth-order valence-corrected chi connectivity index (χ4v) is 7.07. The van der Waals surface area contributed by atoms with Gasteiger partial charge in [0.05, 0.1) is 0 Å². The zero-order valence-corrected chi connectivity index (χ0v) is 14.5. The van der Waals surface area contributed by atoms with Gasteiger partial charge < -0.3 is 0 Å². The van der Waals surface area contributed by atoms with Gasteiger partial charge in [-0.05, 0) is 21.9 Å². The van der Waals surface area contributed by atoms with Crippen molar-refractivity contribution in [3.05, 3.63) is 91.0 Å². The van der Waals surface area contributed by atoms with Crippen LogP contribution in [0.4, 0.5) is 0 Å². The molecule has 0 spiro atoms. The van der Waals surface area contributed by atoms with Crippen LogP contribution >= 0.6 is 23.2 Å². The quantitative estimate of drug-likeness (QED) is 0.434. The van der Waals surface area contributed by atoms with Crippen molar-refractivity contribution in [2.24, 2.45) is 0 Å². The summed E-state index contributed by atoms with van der Waals surface area (Å²) in [6.45, 7) is 0. The van der Waals surface area contributed by atoms with Crippen molar-refractivity contribution in [3.63, 3.8) is 0 Å². The highest BCUT2D eigenvalue weighted by atomic mass is 32.3. The average Bonchev–Trinajstić information content (AvgIpc) is 2.57. The van der Waals surface area contributed by atoms with Gasteiger partial charge in [-0.1, -0.05) is 78.9 Å². The van der Waals surface area contributed by atoms with E-state index < -0.39 is 4.55 Å². The van der Waals surface area contributed by atoms with Crippen LogP contribution in [0.15, 0.2) is 106 Å². The summed E-state index contributed by atoms with van der Waals surface area (Å²) in [7, 11) is 0. The molecule has 0 fully saturated rings. The number of hydrogen-bond donors (Lipinski definition) is 0. The first-order valence-electron chi connectivity index (χ1n) is 7.21. The van der Waals surface area contributed by atoms with Crippen molar-refractivity contribution in [1.29, 1.82) is 0 Å². The molecule has 109 valence electrons. The molecular formula is C18H16BS3. The molecule has 0 atom stereocenters. The van der Waals surface area contributed by atoms with Crippen molar-refractivity contribution in [2.75, 3.05) is 0 Å². The molecule has 0 nitrogen and oxygen atoms in total. The molecule has 0 N–H and O–H groups in total. The van der Waals surface area contributed by atoms with Crippen molar-refractivity contribution in [1.82, 2.24) is 0 Å². The van der Waals surface area contributed by atoms with Crippen LogP contribution in [0.25, 0.3) is 0 Å². The zero-order chi connectivity index (χ0) is 15.0. The van der Waals surface area contributed by atoms with Crippen LogP contribution in [0, 0.1) is 0 Å². The van der Waals surface area contributed by atoms with Gasteiger partial charge >= 0.3 is 4.55 Å². The highest BCUT2D eigenvalue weighted by Gasteiger charge is 2.20. The molecule has 0 saturated carbocycles. The first-order valence-corrected chi connectivity index (χ1v) is 10.2. The predicted octanol–water partition coefficient (Wildman–Crippen LogP) is 5.43. The third-order valence-corrected chi connectivity index (χ3v) is 7.73. The van der Waals surface area contributed by atoms with Gasteiger partial charge in [-0.2, -0.15) is 0 Å². The number of hydrogen-bond acceptors (Lipinski definition) is 3. The Morgan fingerprint density at radius 1 is 0.545 bits per heavy atom. The fourth-order valence-electron chi connectivity index (χ4n) is 2.05. The van der Waals surface area contributed by atoms with Crippen molar-refractivity contribution >= 4 is 39.4 Å². The Morgan fingerprint density at radius 2 is 0.955 bits per heavy atom. The van der Waals surface area contributed by atoms with Crippen LogP contribution in [0.3, 0.4) is 0 Å². The normalized spacial score (nSPS) is 10.8. The van der Waals surface area contributed by atoms with Crippen LogP contribution in [0.2, 0.25) is 0 Å². The summed E-state index contributed by atoms with van der Waals surface area (Å²) < 4.78 is -0.546. The van der Waals surface area contributed by atoms with Gasteiger partial charge in [0.2, 0.25) is 0 Å². The van der Waals surface area contributed by atoms with E-state index in [2.05, 4.69) is 91.0 Å². The molecule has 3 aromatic rings. The highest BCUT2D eigenvalue weighted by molar-refractivity contribution is 8.72. The molecule has 1 radical (unpaired) electrons. The summed E-state index contributed by atoms with van der Waals surface area (Å²) in [6, 6.07) is 32.1. The molecule has 0 aliphatic heterocycles. The summed E-state index contributed by atoms with van der Waals surface area (Å²) in [6.07, 6.45) is 0. The molecular weight excluding hydrogens is 323 g/mol. The van der Waals surface area contributed by atoms with E-state index in [-0.39, 0.29) is 0 Å². The lowest BCUT2D eigenvalue weighted by molar-refractivity contribution is 1.47. The molecule has 22 heavy (non-hydrogen) atoms. The first kappa shape index (κ1) is 15.7. The van der Waals surface area contributed by atoms with E-state index in [0.717, 1.165) is 0 Å². The molecule has 0 aliphatic carbocycles. The van der Waals surface area contributed by atoms with E-state index in [9.17, 15) is 0 Å². The Bertz CT molecular complexity index is 576. The van der Waals surface area contributed by atoms with E-state index in [4.69, 9.17) is 0 Å². The van der Waals surface area contributed by atoms with E-state index in [1.807, 2.05) is 34.8 Å². The van der Waals surface area contributed by atoms with Crippen molar-refractivity contribution in [2.45, 2.75) is 14.7 Å². The minimum atomic E-state index is -0.546. The number of benzene rings is 3. The lowest BCUT2D eigenvalue weighted by Crippen LogP contribution is -2.06. The molecule has 0 aliphatic rings. The molecule has 0 heterocycles. The SMILES string of the molecule is c1ccc(S[BH-](Sc2ccccc2)[S+]c2ccccc2)cc1. The van der Waals surface area contributed by atoms with E-state index >= 15 is 0 Å². The largest absolute Gasteiger partial charge is 0.379 e. The van der Waals surface area contributed by atoms with Gasteiger partial charge in [0.1, 0.15) is 4.90 Å². The third kappa shape index (κ3) is 4.91. The van der Waals surface area contributed by atoms with Crippen LogP contribution in [-0.2, 0) is 11.6 Å². The molecule has 0 saturated heterocycles. The van der Waals surface area contributed by atoms with Crippen LogP contribution in [-0.4, -0.2) is 4.55 Å². The maximum Gasteiger partial charge on any atom is 0.379 e. The summed E-state index contributed by atoms with van der Waals surface area (Å²) >= 11 is 5.96. The minimum absolute atomic E-state index is 0.546. The minimum Gasteiger partial charge on any atom is -0.266 e. The Labute approximate surface area is 144 Å². The van der Waals surface area contributed by atoms with E-state index in [0.29, 0.717) is 0 Å². The van der Waals surface area contributed by atoms with E-state index in [1.54, 1.807) is 0 Å². The molecule has 3 aromatic carbocycles. The Hall–Kier alpha value is -1.23. The highest BCUT2D eigenvalue weighted by Crippen LogP contribution is 2.34. The van der Waals surface area contributed by atoms with Gasteiger partial charge in [-0.3, -0.25) is 23.2 Å². The van der Waals surface area contributed by atoms with Gasteiger partial charge in [0.25, 0.3) is 0 Å². The zero-order valence-electron chi connectivity index (χ0n) is 12.1. The van der Waals surface area contributed by atoms with Crippen molar-refractivity contribution < 1.29 is 0 Å². The number of rotatable bonds is 6. The second-order valence-corrected chi connectivity index (χ2v) is 9.83. The summed E-state index contributed by atoms with van der Waals surface area (Å²) in [4.78, 5) is 4.03. The second-order valence-electron chi connectivity index (χ2n) is 4.73. The summed E-state index contributed by atoms with van der Waals surface area (Å²) in [5, 5.41) is 0. The molecule has 3 rings (SSSR count). The Kier molecular flexibility index (Phi) is 5.99. The topological polar surface area (TPSA) is 0 Å². The Balaban J connectivity index is 1.75. The van der Waals surface area contributed by atoms with Crippen molar-refractivity contribution in [3.8, 4) is 0 Å². The molecule has 0 amide bonds. The van der Waals surface area contributed by atoms with Gasteiger partial charge in [-0.25, -0.2) is 0 Å². The standard InChI is InChI=1S/C18H16BS3/c1-4-10-16(11-5-1)20-19(21-17-12-6-2-7-13-17)22-18-14-8-3-9-15-18/h1-15,19H. The summed E-state index contributed by atoms with van der Waals surface area (Å²) in [5.41, 5.74) is 0. The lowest BCUT2D eigenvalue weighted by Gasteiger charge is -2.13. The molecule has 0 aromatic heterocycles. The van der Waals surface area contributed by atoms with E-state index in [1.165, 1.54) is 14.7 Å². The lowest BCUT2D eigenvalue weighted by atomic mass is 10.4.